The summed E-state index contributed by atoms with van der Waals surface area (Å²) in [6.45, 7) is 0. The Morgan fingerprint density at radius 3 is 2.45 bits per heavy atom. The molecule has 1 N–H and O–H groups in total. The monoisotopic (exact) mass is 405 g/mol. The van der Waals surface area contributed by atoms with Crippen molar-refractivity contribution in [3.63, 3.8) is 0 Å². The summed E-state index contributed by atoms with van der Waals surface area (Å²) in [4.78, 5) is 16.6. The van der Waals surface area contributed by atoms with Crippen LogP contribution in [0, 0.1) is 5.82 Å². The molecule has 0 bridgehead atoms. The number of amides is 1. The quantitative estimate of drug-likeness (QED) is 0.487. The number of anilines is 1. The Kier molecular flexibility index (Phi) is 5.62. The van der Waals surface area contributed by atoms with Crippen LogP contribution < -0.4 is 5.32 Å². The number of hydrogen-bond acceptors (Lipinski definition) is 5. The highest BCUT2D eigenvalue weighted by atomic mass is 32.2. The number of carbonyl (C=O) groups is 1. The number of nitrogens with one attached hydrogen (secondary N) is 1. The Labute approximate surface area is 170 Å². The average molecular weight is 405 g/mol. The smallest absolute Gasteiger partial charge is 0.234 e. The van der Waals surface area contributed by atoms with Crippen molar-refractivity contribution in [3.8, 4) is 17.2 Å². The van der Waals surface area contributed by atoms with E-state index in [-0.39, 0.29) is 17.5 Å². The van der Waals surface area contributed by atoms with E-state index in [9.17, 15) is 9.18 Å². The third-order valence-corrected chi connectivity index (χ3v) is 4.93. The summed E-state index contributed by atoms with van der Waals surface area (Å²) in [5.41, 5.74) is 2.04. The van der Waals surface area contributed by atoms with Crippen LogP contribution in [0.4, 0.5) is 10.1 Å². The molecule has 0 spiro atoms. The van der Waals surface area contributed by atoms with Gasteiger partial charge < -0.3 is 5.32 Å². The van der Waals surface area contributed by atoms with Gasteiger partial charge in [0.25, 0.3) is 0 Å². The van der Waals surface area contributed by atoms with Crippen LogP contribution in [0.1, 0.15) is 0 Å². The predicted molar refractivity (Wildman–Crippen MR) is 110 cm³/mol. The van der Waals surface area contributed by atoms with Gasteiger partial charge in [-0.3, -0.25) is 14.3 Å². The second-order valence-corrected chi connectivity index (χ2v) is 6.98. The maximum Gasteiger partial charge on any atom is 0.234 e. The van der Waals surface area contributed by atoms with Crippen molar-refractivity contribution in [1.29, 1.82) is 0 Å². The molecule has 144 valence electrons. The van der Waals surface area contributed by atoms with Crippen LogP contribution >= 0.6 is 11.8 Å². The Balaban J connectivity index is 1.60. The average Bonchev–Trinajstić information content (AvgIpc) is 3.18. The fraction of sp³-hybridized carbons (Fsp3) is 0.0476. The molecule has 2 aromatic heterocycles. The predicted octanol–water partition coefficient (Wildman–Crippen LogP) is 4.20. The fourth-order valence-corrected chi connectivity index (χ4v) is 3.45. The second-order valence-electron chi connectivity index (χ2n) is 6.04. The van der Waals surface area contributed by atoms with Gasteiger partial charge in [-0.1, -0.05) is 36.0 Å². The molecular formula is C21H16FN5OS. The Morgan fingerprint density at radius 2 is 1.72 bits per heavy atom. The minimum Gasteiger partial charge on any atom is -0.325 e. The van der Waals surface area contributed by atoms with Crippen LogP contribution in [0.2, 0.25) is 0 Å². The maximum atomic E-state index is 13.4. The van der Waals surface area contributed by atoms with E-state index in [1.54, 1.807) is 22.9 Å². The van der Waals surface area contributed by atoms with Gasteiger partial charge in [0.05, 0.1) is 5.75 Å². The molecule has 8 heteroatoms. The van der Waals surface area contributed by atoms with Gasteiger partial charge in [0.2, 0.25) is 5.91 Å². The van der Waals surface area contributed by atoms with E-state index < -0.39 is 0 Å². The number of benzene rings is 2. The van der Waals surface area contributed by atoms with Crippen molar-refractivity contribution in [1.82, 2.24) is 19.7 Å². The second kappa shape index (κ2) is 8.66. The molecule has 0 aliphatic rings. The zero-order valence-electron chi connectivity index (χ0n) is 15.2. The van der Waals surface area contributed by atoms with Crippen LogP contribution in [0.3, 0.4) is 0 Å². The van der Waals surface area contributed by atoms with Crippen LogP contribution in [-0.2, 0) is 4.79 Å². The standard InChI is InChI=1S/C21H16FN5OS/c22-15-9-11-17(12-10-15)27-20(18-8-4-5-13-23-18)25-26-21(27)29-14-19(28)24-16-6-2-1-3-7-16/h1-13H,14H2,(H,24,28). The molecule has 0 saturated heterocycles. The Bertz CT molecular complexity index is 1100. The van der Waals surface area contributed by atoms with E-state index in [0.29, 0.717) is 22.4 Å². The SMILES string of the molecule is O=C(CSc1nnc(-c2ccccn2)n1-c1ccc(F)cc1)Nc1ccccc1. The normalized spacial score (nSPS) is 10.7. The molecule has 0 fully saturated rings. The first-order chi connectivity index (χ1) is 14.2. The van der Waals surface area contributed by atoms with Gasteiger partial charge in [-0.25, -0.2) is 4.39 Å². The zero-order chi connectivity index (χ0) is 20.1. The summed E-state index contributed by atoms with van der Waals surface area (Å²) in [6, 6.07) is 20.7. The fourth-order valence-electron chi connectivity index (χ4n) is 2.70. The number of carbonyl (C=O) groups excluding carboxylic acids is 1. The van der Waals surface area contributed by atoms with E-state index in [2.05, 4.69) is 20.5 Å². The van der Waals surface area contributed by atoms with E-state index in [1.807, 2.05) is 48.5 Å². The van der Waals surface area contributed by atoms with Gasteiger partial charge in [0, 0.05) is 17.6 Å². The molecule has 2 heterocycles. The molecule has 0 unspecified atom stereocenters. The zero-order valence-corrected chi connectivity index (χ0v) is 16.0. The lowest BCUT2D eigenvalue weighted by Crippen LogP contribution is -2.14. The van der Waals surface area contributed by atoms with Crippen molar-refractivity contribution in [3.05, 3.63) is 84.8 Å². The summed E-state index contributed by atoms with van der Waals surface area (Å²) in [5.74, 6) is 0.172. The molecule has 29 heavy (non-hydrogen) atoms. The lowest BCUT2D eigenvalue weighted by Gasteiger charge is -2.10. The van der Waals surface area contributed by atoms with Crippen molar-refractivity contribution in [2.75, 3.05) is 11.1 Å². The number of hydrogen-bond donors (Lipinski definition) is 1. The van der Waals surface area contributed by atoms with Crippen molar-refractivity contribution in [2.45, 2.75) is 5.16 Å². The first-order valence-electron chi connectivity index (χ1n) is 8.81. The van der Waals surface area contributed by atoms with Gasteiger partial charge in [-0.15, -0.1) is 10.2 Å². The summed E-state index contributed by atoms with van der Waals surface area (Å²) >= 11 is 1.24. The number of halogens is 1. The number of nitrogens with zero attached hydrogens (tertiary/aromatic N) is 4. The number of thioether (sulfide) groups is 1. The van der Waals surface area contributed by atoms with Gasteiger partial charge in [0.1, 0.15) is 11.5 Å². The number of pyridine rings is 1. The molecule has 4 rings (SSSR count). The summed E-state index contributed by atoms with van der Waals surface area (Å²) < 4.78 is 15.2. The molecule has 1 amide bonds. The van der Waals surface area contributed by atoms with Crippen molar-refractivity contribution in [2.24, 2.45) is 0 Å². The third kappa shape index (κ3) is 4.49. The van der Waals surface area contributed by atoms with Gasteiger partial charge in [-0.2, -0.15) is 0 Å². The first-order valence-corrected chi connectivity index (χ1v) is 9.80. The third-order valence-electron chi connectivity index (χ3n) is 4.00. The van der Waals surface area contributed by atoms with E-state index >= 15 is 0 Å². The van der Waals surface area contributed by atoms with Gasteiger partial charge in [-0.05, 0) is 48.5 Å². The van der Waals surface area contributed by atoms with Crippen LogP contribution in [0.5, 0.6) is 0 Å². The highest BCUT2D eigenvalue weighted by Crippen LogP contribution is 2.27. The lowest BCUT2D eigenvalue weighted by atomic mass is 10.3. The van der Waals surface area contributed by atoms with E-state index in [1.165, 1.54) is 23.9 Å². The van der Waals surface area contributed by atoms with Crippen LogP contribution in [0.25, 0.3) is 17.2 Å². The van der Waals surface area contributed by atoms with E-state index in [0.717, 1.165) is 5.69 Å². The largest absolute Gasteiger partial charge is 0.325 e. The summed E-state index contributed by atoms with van der Waals surface area (Å²) in [5, 5.41) is 11.8. The lowest BCUT2D eigenvalue weighted by molar-refractivity contribution is -0.113. The summed E-state index contributed by atoms with van der Waals surface area (Å²) in [6.07, 6.45) is 1.67. The Hall–Kier alpha value is -3.52. The topological polar surface area (TPSA) is 72.7 Å². The number of rotatable bonds is 6. The Morgan fingerprint density at radius 1 is 0.966 bits per heavy atom. The molecule has 2 aromatic carbocycles. The highest BCUT2D eigenvalue weighted by Gasteiger charge is 2.18. The van der Waals surface area contributed by atoms with Crippen molar-refractivity contribution >= 4 is 23.4 Å². The molecule has 4 aromatic rings. The van der Waals surface area contributed by atoms with Gasteiger partial charge >= 0.3 is 0 Å². The van der Waals surface area contributed by atoms with E-state index in [4.69, 9.17) is 0 Å². The minimum atomic E-state index is -0.336. The summed E-state index contributed by atoms with van der Waals surface area (Å²) in [7, 11) is 0. The van der Waals surface area contributed by atoms with Crippen LogP contribution in [-0.4, -0.2) is 31.4 Å². The molecular weight excluding hydrogens is 389 g/mol. The number of para-hydroxylation sites is 1. The van der Waals surface area contributed by atoms with Gasteiger partial charge in [0.15, 0.2) is 11.0 Å². The minimum absolute atomic E-state index is 0.149. The van der Waals surface area contributed by atoms with Crippen LogP contribution in [0.15, 0.2) is 84.1 Å². The number of aromatic nitrogens is 4. The molecule has 0 atom stereocenters. The molecule has 0 aliphatic carbocycles. The highest BCUT2D eigenvalue weighted by molar-refractivity contribution is 7.99. The maximum absolute atomic E-state index is 13.4. The molecule has 0 aliphatic heterocycles. The molecule has 0 saturated carbocycles. The molecule has 6 nitrogen and oxygen atoms in total. The van der Waals surface area contributed by atoms with Crippen molar-refractivity contribution < 1.29 is 9.18 Å². The first kappa shape index (κ1) is 18.8. The molecule has 0 radical (unpaired) electrons.